The third-order valence-corrected chi connectivity index (χ3v) is 1.15. The predicted molar refractivity (Wildman–Crippen MR) is 42.8 cm³/mol. The first-order chi connectivity index (χ1) is 4.66. The van der Waals surface area contributed by atoms with Gasteiger partial charge in [-0.05, 0) is 13.8 Å². The molecule has 0 fully saturated rings. The molecule has 0 aromatic heterocycles. The van der Waals surface area contributed by atoms with Gasteiger partial charge < -0.3 is 14.4 Å². The van der Waals surface area contributed by atoms with Crippen LogP contribution in [0.4, 0.5) is 0 Å². The van der Waals surface area contributed by atoms with Crippen molar-refractivity contribution in [2.75, 3.05) is 13.2 Å². The van der Waals surface area contributed by atoms with Crippen molar-refractivity contribution in [2.45, 2.75) is 26.1 Å². The number of ether oxygens (including phenoxy) is 1. The Kier molecular flexibility index (Phi) is 6.24. The Morgan fingerprint density at radius 2 is 2.00 bits per heavy atom. The quantitative estimate of drug-likeness (QED) is 0.607. The van der Waals surface area contributed by atoms with Crippen LogP contribution < -0.4 is 0 Å². The molecule has 0 bridgehead atoms. The standard InChI is InChI=1S/C6H15O3P/c1-5(7)3-8-6(2)4-9-10/h5-7H,3-4,10H2,1-2H3. The molecule has 0 aliphatic carbocycles. The molecule has 10 heavy (non-hydrogen) atoms. The second kappa shape index (κ2) is 6.05. The molecular weight excluding hydrogens is 151 g/mol. The van der Waals surface area contributed by atoms with Crippen molar-refractivity contribution < 1.29 is 14.4 Å². The molecule has 4 heteroatoms. The van der Waals surface area contributed by atoms with Crippen LogP contribution in [0.3, 0.4) is 0 Å². The Morgan fingerprint density at radius 1 is 1.40 bits per heavy atom. The summed E-state index contributed by atoms with van der Waals surface area (Å²) < 4.78 is 9.90. The van der Waals surface area contributed by atoms with E-state index in [9.17, 15) is 0 Å². The van der Waals surface area contributed by atoms with Crippen LogP contribution in [0.1, 0.15) is 13.8 Å². The van der Waals surface area contributed by atoms with Gasteiger partial charge in [0.1, 0.15) is 0 Å². The summed E-state index contributed by atoms with van der Waals surface area (Å²) in [5.41, 5.74) is 0. The first-order valence-electron chi connectivity index (χ1n) is 3.28. The zero-order chi connectivity index (χ0) is 7.98. The van der Waals surface area contributed by atoms with Crippen molar-refractivity contribution >= 4 is 9.47 Å². The minimum absolute atomic E-state index is 0.0482. The Hall–Kier alpha value is 0.310. The zero-order valence-electron chi connectivity index (χ0n) is 6.41. The molecule has 62 valence electrons. The van der Waals surface area contributed by atoms with Crippen molar-refractivity contribution in [3.63, 3.8) is 0 Å². The van der Waals surface area contributed by atoms with Gasteiger partial charge in [-0.2, -0.15) is 0 Å². The van der Waals surface area contributed by atoms with Crippen molar-refractivity contribution in [2.24, 2.45) is 0 Å². The predicted octanol–water partition coefficient (Wildman–Crippen LogP) is 0.579. The number of hydrogen-bond donors (Lipinski definition) is 1. The molecule has 3 atom stereocenters. The van der Waals surface area contributed by atoms with Crippen LogP contribution >= 0.6 is 9.47 Å². The molecule has 0 rings (SSSR count). The number of rotatable bonds is 5. The molecule has 0 heterocycles. The highest BCUT2D eigenvalue weighted by Crippen LogP contribution is 1.96. The lowest BCUT2D eigenvalue weighted by Crippen LogP contribution is -2.19. The van der Waals surface area contributed by atoms with E-state index in [0.717, 1.165) is 0 Å². The van der Waals surface area contributed by atoms with Gasteiger partial charge in [-0.1, -0.05) is 0 Å². The van der Waals surface area contributed by atoms with E-state index >= 15 is 0 Å². The van der Waals surface area contributed by atoms with Gasteiger partial charge in [0.15, 0.2) is 0 Å². The van der Waals surface area contributed by atoms with Crippen molar-refractivity contribution in [1.82, 2.24) is 0 Å². The lowest BCUT2D eigenvalue weighted by molar-refractivity contribution is -0.0105. The van der Waals surface area contributed by atoms with Gasteiger partial charge >= 0.3 is 0 Å². The fourth-order valence-corrected chi connectivity index (χ4v) is 0.758. The van der Waals surface area contributed by atoms with Crippen LogP contribution in [-0.4, -0.2) is 30.5 Å². The minimum Gasteiger partial charge on any atom is -0.391 e. The maximum atomic E-state index is 8.80. The largest absolute Gasteiger partial charge is 0.391 e. The summed E-state index contributed by atoms with van der Waals surface area (Å²) in [5.74, 6) is 0. The molecule has 0 aromatic rings. The van der Waals surface area contributed by atoms with Crippen LogP contribution in [0.5, 0.6) is 0 Å². The average molecular weight is 166 g/mol. The summed E-state index contributed by atoms with van der Waals surface area (Å²) in [6.07, 6.45) is -0.348. The highest BCUT2D eigenvalue weighted by atomic mass is 31.0. The van der Waals surface area contributed by atoms with Gasteiger partial charge in [0.25, 0.3) is 0 Å². The summed E-state index contributed by atoms with van der Waals surface area (Å²) in [5, 5.41) is 8.80. The Morgan fingerprint density at radius 3 is 2.40 bits per heavy atom. The number of aliphatic hydroxyl groups is 1. The summed E-state index contributed by atoms with van der Waals surface area (Å²) >= 11 is 0. The Balaban J connectivity index is 3.12. The monoisotopic (exact) mass is 166 g/mol. The number of hydrogen-bond acceptors (Lipinski definition) is 3. The highest BCUT2D eigenvalue weighted by Gasteiger charge is 2.02. The third kappa shape index (κ3) is 6.43. The maximum absolute atomic E-state index is 8.80. The summed E-state index contributed by atoms with van der Waals surface area (Å²) in [6.45, 7) is 4.49. The van der Waals surface area contributed by atoms with Gasteiger partial charge in [0, 0.05) is 9.47 Å². The van der Waals surface area contributed by atoms with E-state index in [2.05, 4.69) is 9.47 Å². The normalized spacial score (nSPS) is 16.8. The summed E-state index contributed by atoms with van der Waals surface area (Å²) in [4.78, 5) is 0. The fourth-order valence-electron chi connectivity index (χ4n) is 0.487. The fraction of sp³-hybridized carbons (Fsp3) is 1.00. The average Bonchev–Trinajstić information content (AvgIpc) is 1.85. The van der Waals surface area contributed by atoms with Crippen molar-refractivity contribution in [3.8, 4) is 0 Å². The third-order valence-electron chi connectivity index (χ3n) is 0.953. The molecular formula is C6H15O3P. The second-order valence-corrected chi connectivity index (χ2v) is 2.66. The summed E-state index contributed by atoms with van der Waals surface area (Å²) in [6, 6.07) is 0. The maximum Gasteiger partial charge on any atom is 0.0784 e. The van der Waals surface area contributed by atoms with E-state index in [1.54, 1.807) is 6.92 Å². The topological polar surface area (TPSA) is 38.7 Å². The van der Waals surface area contributed by atoms with E-state index < -0.39 is 6.10 Å². The highest BCUT2D eigenvalue weighted by molar-refractivity contribution is 7.09. The van der Waals surface area contributed by atoms with E-state index in [0.29, 0.717) is 13.2 Å². The second-order valence-electron chi connectivity index (χ2n) is 2.33. The first kappa shape index (κ1) is 10.3. The lowest BCUT2D eigenvalue weighted by atomic mass is 10.4. The van der Waals surface area contributed by atoms with Crippen LogP contribution in [0, 0.1) is 0 Å². The Bertz CT molecular complexity index is 77.4. The molecule has 0 aromatic carbocycles. The molecule has 3 unspecified atom stereocenters. The van der Waals surface area contributed by atoms with Gasteiger partial charge in [-0.25, -0.2) is 0 Å². The van der Waals surface area contributed by atoms with Gasteiger partial charge in [-0.3, -0.25) is 0 Å². The molecule has 0 amide bonds. The Labute approximate surface area is 64.0 Å². The molecule has 0 spiro atoms. The van der Waals surface area contributed by atoms with Crippen LogP contribution in [0.25, 0.3) is 0 Å². The van der Waals surface area contributed by atoms with E-state index in [4.69, 9.17) is 14.4 Å². The summed E-state index contributed by atoms with van der Waals surface area (Å²) in [7, 11) is 2.15. The molecule has 0 radical (unpaired) electrons. The number of aliphatic hydroxyl groups excluding tert-OH is 1. The molecule has 0 aliphatic heterocycles. The zero-order valence-corrected chi connectivity index (χ0v) is 7.56. The van der Waals surface area contributed by atoms with Crippen molar-refractivity contribution in [3.05, 3.63) is 0 Å². The van der Waals surface area contributed by atoms with Gasteiger partial charge in [-0.15, -0.1) is 0 Å². The lowest BCUT2D eigenvalue weighted by Gasteiger charge is -2.12. The molecule has 1 N–H and O–H groups in total. The molecule has 0 saturated heterocycles. The first-order valence-corrected chi connectivity index (χ1v) is 3.75. The molecule has 0 aliphatic rings. The van der Waals surface area contributed by atoms with Gasteiger partial charge in [0.05, 0.1) is 25.4 Å². The molecule has 3 nitrogen and oxygen atoms in total. The van der Waals surface area contributed by atoms with Gasteiger partial charge in [0.2, 0.25) is 0 Å². The van der Waals surface area contributed by atoms with E-state index in [1.165, 1.54) is 0 Å². The van der Waals surface area contributed by atoms with Crippen LogP contribution in [0.2, 0.25) is 0 Å². The SMILES string of the molecule is CC(O)COC(C)COP. The van der Waals surface area contributed by atoms with Crippen LogP contribution in [-0.2, 0) is 9.26 Å². The van der Waals surface area contributed by atoms with E-state index in [-0.39, 0.29) is 6.10 Å². The smallest absolute Gasteiger partial charge is 0.0784 e. The van der Waals surface area contributed by atoms with Crippen LogP contribution in [0.15, 0.2) is 0 Å². The molecule has 0 saturated carbocycles. The minimum atomic E-state index is -0.396. The van der Waals surface area contributed by atoms with Crippen molar-refractivity contribution in [1.29, 1.82) is 0 Å². The van der Waals surface area contributed by atoms with E-state index in [1.807, 2.05) is 6.92 Å².